The van der Waals surface area contributed by atoms with Crippen molar-refractivity contribution in [3.63, 3.8) is 0 Å². The number of rotatable bonds is 6. The minimum Gasteiger partial charge on any atom is -0.468 e. The summed E-state index contributed by atoms with van der Waals surface area (Å²) in [5.41, 5.74) is 0. The Bertz CT molecular complexity index is 469. The van der Waals surface area contributed by atoms with Crippen molar-refractivity contribution in [3.05, 3.63) is 18.2 Å². The molecule has 1 atom stereocenters. The lowest BCUT2D eigenvalue weighted by Crippen LogP contribution is -2.43. The Kier molecular flexibility index (Phi) is 4.03. The highest BCUT2D eigenvalue weighted by molar-refractivity contribution is 5.75. The normalized spacial score (nSPS) is 20.4. The molecule has 0 aromatic carbocycles. The van der Waals surface area contributed by atoms with Crippen molar-refractivity contribution < 1.29 is 9.53 Å². The Morgan fingerprint density at radius 3 is 3.15 bits per heavy atom. The zero-order valence-corrected chi connectivity index (χ0v) is 11.9. The van der Waals surface area contributed by atoms with Gasteiger partial charge >= 0.3 is 5.97 Å². The number of ether oxygens (including phenoxy) is 1. The molecule has 1 aliphatic carbocycles. The minimum atomic E-state index is -0.172. The molecule has 110 valence electrons. The van der Waals surface area contributed by atoms with Crippen LogP contribution in [-0.2, 0) is 22.6 Å². The fourth-order valence-corrected chi connectivity index (χ4v) is 2.67. The average molecular weight is 278 g/mol. The van der Waals surface area contributed by atoms with Crippen molar-refractivity contribution in [2.24, 2.45) is 0 Å². The summed E-state index contributed by atoms with van der Waals surface area (Å²) in [7, 11) is 1.46. The lowest BCUT2D eigenvalue weighted by molar-refractivity contribution is -0.143. The van der Waals surface area contributed by atoms with Crippen molar-refractivity contribution in [2.45, 2.75) is 44.4 Å². The van der Waals surface area contributed by atoms with Crippen LogP contribution in [-0.4, -0.2) is 52.7 Å². The number of fused-ring (bicyclic) bond motifs is 1. The molecule has 1 unspecified atom stereocenters. The van der Waals surface area contributed by atoms with E-state index in [-0.39, 0.29) is 12.0 Å². The number of aromatic nitrogens is 2. The van der Waals surface area contributed by atoms with Gasteiger partial charge in [0.15, 0.2) is 0 Å². The van der Waals surface area contributed by atoms with Gasteiger partial charge in [-0.2, -0.15) is 0 Å². The van der Waals surface area contributed by atoms with Crippen LogP contribution >= 0.6 is 0 Å². The lowest BCUT2D eigenvalue weighted by atomic mass is 10.2. The molecule has 6 heteroatoms. The van der Waals surface area contributed by atoms with Gasteiger partial charge in [0.1, 0.15) is 11.9 Å². The van der Waals surface area contributed by atoms with Crippen molar-refractivity contribution in [2.75, 3.05) is 20.2 Å². The Hall–Kier alpha value is -1.40. The molecule has 0 amide bonds. The Balaban J connectivity index is 1.51. The standard InChI is InChI=1S/C14H22N4O2/c1-20-14(19)12(16-11-2-3-11)4-6-17-8-9-18-7-5-15-13(18)10-17/h5,7,11-12,16H,2-4,6,8-10H2,1H3. The number of hydrogen-bond acceptors (Lipinski definition) is 5. The topological polar surface area (TPSA) is 59.4 Å². The third-order valence-corrected chi connectivity index (χ3v) is 4.06. The predicted octanol–water partition coefficient (Wildman–Crippen LogP) is 0.382. The summed E-state index contributed by atoms with van der Waals surface area (Å²) >= 11 is 0. The van der Waals surface area contributed by atoms with E-state index in [1.165, 1.54) is 20.0 Å². The summed E-state index contributed by atoms with van der Waals surface area (Å²) in [5, 5.41) is 3.37. The highest BCUT2D eigenvalue weighted by atomic mass is 16.5. The highest BCUT2D eigenvalue weighted by Gasteiger charge is 2.29. The number of hydrogen-bond donors (Lipinski definition) is 1. The SMILES string of the molecule is COC(=O)C(CCN1CCn2ccnc2C1)NC1CC1. The summed E-state index contributed by atoms with van der Waals surface area (Å²) in [6.45, 7) is 3.76. The summed E-state index contributed by atoms with van der Waals surface area (Å²) < 4.78 is 7.08. The van der Waals surface area contributed by atoms with Crippen LogP contribution in [0.25, 0.3) is 0 Å². The van der Waals surface area contributed by atoms with Crippen LogP contribution in [0.2, 0.25) is 0 Å². The van der Waals surface area contributed by atoms with Crippen LogP contribution in [0, 0.1) is 0 Å². The number of nitrogens with zero attached hydrogens (tertiary/aromatic N) is 3. The van der Waals surface area contributed by atoms with Crippen molar-refractivity contribution in [1.82, 2.24) is 19.8 Å². The van der Waals surface area contributed by atoms with Gasteiger partial charge in [0, 0.05) is 38.1 Å². The van der Waals surface area contributed by atoms with Crippen LogP contribution in [0.1, 0.15) is 25.1 Å². The van der Waals surface area contributed by atoms with Gasteiger partial charge in [0.25, 0.3) is 0 Å². The Labute approximate surface area is 119 Å². The molecule has 1 aromatic heterocycles. The van der Waals surface area contributed by atoms with E-state index in [0.717, 1.165) is 38.4 Å². The second kappa shape index (κ2) is 5.93. The molecule has 0 bridgehead atoms. The smallest absolute Gasteiger partial charge is 0.322 e. The summed E-state index contributed by atoms with van der Waals surface area (Å²) in [4.78, 5) is 18.5. The number of esters is 1. The minimum absolute atomic E-state index is 0.143. The van der Waals surface area contributed by atoms with Gasteiger partial charge in [-0.05, 0) is 19.3 Å². The average Bonchev–Trinajstić information content (AvgIpc) is 3.17. The van der Waals surface area contributed by atoms with E-state index >= 15 is 0 Å². The van der Waals surface area contributed by atoms with Crippen LogP contribution < -0.4 is 5.32 Å². The first kappa shape index (κ1) is 13.6. The molecule has 1 aromatic rings. The molecule has 0 saturated heterocycles. The van der Waals surface area contributed by atoms with Gasteiger partial charge in [0.05, 0.1) is 13.7 Å². The van der Waals surface area contributed by atoms with Crippen molar-refractivity contribution in [1.29, 1.82) is 0 Å². The van der Waals surface area contributed by atoms with Gasteiger partial charge in [-0.25, -0.2) is 4.98 Å². The quantitative estimate of drug-likeness (QED) is 0.763. The number of imidazole rings is 1. The van der Waals surface area contributed by atoms with Gasteiger partial charge < -0.3 is 14.6 Å². The molecule has 1 fully saturated rings. The van der Waals surface area contributed by atoms with E-state index in [9.17, 15) is 4.79 Å². The van der Waals surface area contributed by atoms with E-state index in [1.807, 2.05) is 12.4 Å². The molecule has 1 N–H and O–H groups in total. The number of carbonyl (C=O) groups excluding carboxylic acids is 1. The molecule has 1 saturated carbocycles. The number of methoxy groups -OCH3 is 1. The van der Waals surface area contributed by atoms with Crippen LogP contribution in [0.5, 0.6) is 0 Å². The molecule has 0 spiro atoms. The van der Waals surface area contributed by atoms with Gasteiger partial charge in [0.2, 0.25) is 0 Å². The van der Waals surface area contributed by atoms with Crippen LogP contribution in [0.4, 0.5) is 0 Å². The summed E-state index contributed by atoms with van der Waals surface area (Å²) in [5.74, 6) is 0.969. The molecule has 2 heterocycles. The van der Waals surface area contributed by atoms with E-state index < -0.39 is 0 Å². The zero-order chi connectivity index (χ0) is 13.9. The van der Waals surface area contributed by atoms with Gasteiger partial charge in [-0.3, -0.25) is 9.69 Å². The Morgan fingerprint density at radius 2 is 2.40 bits per heavy atom. The van der Waals surface area contributed by atoms with Crippen LogP contribution in [0.15, 0.2) is 12.4 Å². The largest absolute Gasteiger partial charge is 0.468 e. The molecule has 20 heavy (non-hydrogen) atoms. The van der Waals surface area contributed by atoms with Gasteiger partial charge in [-0.1, -0.05) is 0 Å². The van der Waals surface area contributed by atoms with Crippen molar-refractivity contribution >= 4 is 5.97 Å². The first-order chi connectivity index (χ1) is 9.76. The lowest BCUT2D eigenvalue weighted by Gasteiger charge is -2.28. The highest BCUT2D eigenvalue weighted by Crippen LogP contribution is 2.20. The zero-order valence-electron chi connectivity index (χ0n) is 11.9. The van der Waals surface area contributed by atoms with E-state index in [0.29, 0.717) is 6.04 Å². The second-order valence-corrected chi connectivity index (χ2v) is 5.62. The third-order valence-electron chi connectivity index (χ3n) is 4.06. The second-order valence-electron chi connectivity index (χ2n) is 5.62. The summed E-state index contributed by atoms with van der Waals surface area (Å²) in [6, 6.07) is 0.341. The molecule has 1 aliphatic heterocycles. The summed E-state index contributed by atoms with van der Waals surface area (Å²) in [6.07, 6.45) is 7.02. The van der Waals surface area contributed by atoms with E-state index in [2.05, 4.69) is 19.8 Å². The fourth-order valence-electron chi connectivity index (χ4n) is 2.67. The molecule has 3 rings (SSSR count). The first-order valence-electron chi connectivity index (χ1n) is 7.32. The molecular weight excluding hydrogens is 256 g/mol. The third kappa shape index (κ3) is 3.19. The van der Waals surface area contributed by atoms with Crippen LogP contribution in [0.3, 0.4) is 0 Å². The molecule has 0 radical (unpaired) electrons. The van der Waals surface area contributed by atoms with E-state index in [4.69, 9.17) is 4.74 Å². The van der Waals surface area contributed by atoms with E-state index in [1.54, 1.807) is 0 Å². The van der Waals surface area contributed by atoms with Crippen molar-refractivity contribution in [3.8, 4) is 0 Å². The maximum atomic E-state index is 11.8. The first-order valence-corrected chi connectivity index (χ1v) is 7.32. The van der Waals surface area contributed by atoms with Gasteiger partial charge in [-0.15, -0.1) is 0 Å². The number of nitrogens with one attached hydrogen (secondary N) is 1. The monoisotopic (exact) mass is 278 g/mol. The maximum Gasteiger partial charge on any atom is 0.322 e. The molecule has 6 nitrogen and oxygen atoms in total. The number of carbonyl (C=O) groups is 1. The predicted molar refractivity (Wildman–Crippen MR) is 74.1 cm³/mol. The fraction of sp³-hybridized carbons (Fsp3) is 0.714. The maximum absolute atomic E-state index is 11.8. The Morgan fingerprint density at radius 1 is 1.55 bits per heavy atom. The molecule has 2 aliphatic rings. The molecular formula is C14H22N4O2.